The zero-order chi connectivity index (χ0) is 12.8. The minimum Gasteiger partial charge on any atom is -0.463 e. The first-order valence-corrected chi connectivity index (χ1v) is 6.74. The molecule has 1 aromatic heterocycles. The number of halogens is 1. The molecule has 0 spiro atoms. The summed E-state index contributed by atoms with van der Waals surface area (Å²) >= 11 is 7.26. The first-order valence-electron chi connectivity index (χ1n) is 5.55. The molecular weight excluding hydrogens is 270 g/mol. The molecule has 1 aromatic carbocycles. The quantitative estimate of drug-likeness (QED) is 0.840. The maximum absolute atomic E-state index is 5.84. The van der Waals surface area contributed by atoms with Gasteiger partial charge in [-0.2, -0.15) is 15.0 Å². The van der Waals surface area contributed by atoms with E-state index in [2.05, 4.69) is 15.0 Å². The van der Waals surface area contributed by atoms with E-state index in [4.69, 9.17) is 16.3 Å². The number of rotatable bonds is 5. The van der Waals surface area contributed by atoms with E-state index in [9.17, 15) is 0 Å². The summed E-state index contributed by atoms with van der Waals surface area (Å²) in [7, 11) is 0. The fraction of sp³-hybridized carbons (Fsp3) is 0.250. The van der Waals surface area contributed by atoms with Gasteiger partial charge < -0.3 is 4.74 Å². The minimum atomic E-state index is 0.148. The van der Waals surface area contributed by atoms with Crippen LogP contribution in [0.25, 0.3) is 0 Å². The van der Waals surface area contributed by atoms with Crippen molar-refractivity contribution in [3.05, 3.63) is 35.6 Å². The van der Waals surface area contributed by atoms with E-state index < -0.39 is 0 Å². The van der Waals surface area contributed by atoms with Crippen molar-refractivity contribution < 1.29 is 4.74 Å². The lowest BCUT2D eigenvalue weighted by atomic mass is 10.4. The molecule has 0 unspecified atom stereocenters. The molecule has 0 saturated carbocycles. The SMILES string of the molecule is CCCOc1nc(Cl)nc(Sc2ccccc2)n1. The van der Waals surface area contributed by atoms with Crippen LogP contribution in [-0.4, -0.2) is 21.6 Å². The van der Waals surface area contributed by atoms with Crippen LogP contribution in [0, 0.1) is 0 Å². The Morgan fingerprint density at radius 3 is 2.67 bits per heavy atom. The number of hydrogen-bond acceptors (Lipinski definition) is 5. The Labute approximate surface area is 115 Å². The smallest absolute Gasteiger partial charge is 0.321 e. The topological polar surface area (TPSA) is 47.9 Å². The molecule has 0 amide bonds. The van der Waals surface area contributed by atoms with Crippen LogP contribution in [0.2, 0.25) is 5.28 Å². The molecule has 0 N–H and O–H groups in total. The van der Waals surface area contributed by atoms with E-state index in [-0.39, 0.29) is 11.3 Å². The molecular formula is C12H12ClN3OS. The maximum Gasteiger partial charge on any atom is 0.321 e. The third-order valence-corrected chi connectivity index (χ3v) is 3.00. The molecule has 94 valence electrons. The molecule has 0 radical (unpaired) electrons. The summed E-state index contributed by atoms with van der Waals surface area (Å²) in [6.07, 6.45) is 0.893. The van der Waals surface area contributed by atoms with Crippen LogP contribution in [0.15, 0.2) is 40.4 Å². The number of hydrogen-bond donors (Lipinski definition) is 0. The van der Waals surface area contributed by atoms with Crippen LogP contribution in [-0.2, 0) is 0 Å². The molecule has 4 nitrogen and oxygen atoms in total. The Balaban J connectivity index is 2.15. The van der Waals surface area contributed by atoms with Gasteiger partial charge >= 0.3 is 6.01 Å². The average molecular weight is 282 g/mol. The highest BCUT2D eigenvalue weighted by atomic mass is 35.5. The molecule has 0 aliphatic carbocycles. The third-order valence-electron chi connectivity index (χ3n) is 1.95. The Bertz CT molecular complexity index is 510. The first-order chi connectivity index (χ1) is 8.78. The van der Waals surface area contributed by atoms with Crippen molar-refractivity contribution in [2.45, 2.75) is 23.4 Å². The van der Waals surface area contributed by atoms with Crippen molar-refractivity contribution in [2.24, 2.45) is 0 Å². The molecule has 2 rings (SSSR count). The lowest BCUT2D eigenvalue weighted by Gasteiger charge is -2.04. The zero-order valence-electron chi connectivity index (χ0n) is 9.84. The summed E-state index contributed by atoms with van der Waals surface area (Å²) < 4.78 is 5.35. The zero-order valence-corrected chi connectivity index (χ0v) is 11.4. The van der Waals surface area contributed by atoms with E-state index in [1.165, 1.54) is 11.8 Å². The second kappa shape index (κ2) is 6.56. The Morgan fingerprint density at radius 1 is 1.17 bits per heavy atom. The molecule has 0 aliphatic rings. The van der Waals surface area contributed by atoms with Gasteiger partial charge in [-0.1, -0.05) is 25.1 Å². The Morgan fingerprint density at radius 2 is 1.94 bits per heavy atom. The van der Waals surface area contributed by atoms with Gasteiger partial charge in [-0.3, -0.25) is 0 Å². The van der Waals surface area contributed by atoms with Crippen molar-refractivity contribution in [1.29, 1.82) is 0 Å². The molecule has 0 saturated heterocycles. The summed E-state index contributed by atoms with van der Waals surface area (Å²) in [5.41, 5.74) is 0. The van der Waals surface area contributed by atoms with Gasteiger partial charge in [-0.25, -0.2) is 0 Å². The van der Waals surface area contributed by atoms with Gasteiger partial charge in [0.1, 0.15) is 0 Å². The summed E-state index contributed by atoms with van der Waals surface area (Å²) in [6, 6.07) is 10.1. The number of aromatic nitrogens is 3. The van der Waals surface area contributed by atoms with Crippen LogP contribution < -0.4 is 4.74 Å². The van der Waals surface area contributed by atoms with Gasteiger partial charge in [0, 0.05) is 4.90 Å². The summed E-state index contributed by atoms with van der Waals surface area (Å²) in [6.45, 7) is 2.58. The number of benzene rings is 1. The first kappa shape index (κ1) is 13.1. The van der Waals surface area contributed by atoms with Crippen LogP contribution in [0.5, 0.6) is 6.01 Å². The van der Waals surface area contributed by atoms with E-state index in [1.807, 2.05) is 37.3 Å². The van der Waals surface area contributed by atoms with Crippen LogP contribution in [0.1, 0.15) is 13.3 Å². The van der Waals surface area contributed by atoms with E-state index >= 15 is 0 Å². The number of ether oxygens (including phenoxy) is 1. The normalized spacial score (nSPS) is 10.3. The molecule has 1 heterocycles. The molecule has 0 bridgehead atoms. The summed E-state index contributed by atoms with van der Waals surface area (Å²) in [5, 5.41) is 0.682. The van der Waals surface area contributed by atoms with Gasteiger partial charge in [0.25, 0.3) is 0 Å². The van der Waals surface area contributed by atoms with E-state index in [0.29, 0.717) is 11.8 Å². The van der Waals surface area contributed by atoms with Crippen molar-refractivity contribution in [3.8, 4) is 6.01 Å². The maximum atomic E-state index is 5.84. The highest BCUT2D eigenvalue weighted by molar-refractivity contribution is 7.99. The van der Waals surface area contributed by atoms with Gasteiger partial charge in [-0.15, -0.1) is 0 Å². The van der Waals surface area contributed by atoms with Crippen molar-refractivity contribution in [3.63, 3.8) is 0 Å². The van der Waals surface area contributed by atoms with Crippen LogP contribution >= 0.6 is 23.4 Å². The average Bonchev–Trinajstić information content (AvgIpc) is 2.37. The predicted molar refractivity (Wildman–Crippen MR) is 71.2 cm³/mol. The standard InChI is InChI=1S/C12H12ClN3OS/c1-2-8-17-11-14-10(13)15-12(16-11)18-9-6-4-3-5-7-9/h3-7H,2,8H2,1H3. The monoisotopic (exact) mass is 281 g/mol. The fourth-order valence-corrected chi connectivity index (χ4v) is 2.17. The van der Waals surface area contributed by atoms with Gasteiger partial charge in [0.15, 0.2) is 5.16 Å². The predicted octanol–water partition coefficient (Wildman–Crippen LogP) is 3.47. The van der Waals surface area contributed by atoms with Crippen LogP contribution in [0.3, 0.4) is 0 Å². The largest absolute Gasteiger partial charge is 0.463 e. The second-order valence-electron chi connectivity index (χ2n) is 3.43. The molecule has 6 heteroatoms. The minimum absolute atomic E-state index is 0.148. The number of nitrogens with zero attached hydrogens (tertiary/aromatic N) is 3. The Hall–Kier alpha value is -1.33. The van der Waals surface area contributed by atoms with Gasteiger partial charge in [-0.05, 0) is 41.9 Å². The molecule has 2 aromatic rings. The van der Waals surface area contributed by atoms with Gasteiger partial charge in [0.05, 0.1) is 6.61 Å². The molecule has 0 fully saturated rings. The Kier molecular flexibility index (Phi) is 4.78. The highest BCUT2D eigenvalue weighted by Gasteiger charge is 2.07. The van der Waals surface area contributed by atoms with Crippen molar-refractivity contribution in [2.75, 3.05) is 6.61 Å². The van der Waals surface area contributed by atoms with E-state index in [1.54, 1.807) is 0 Å². The summed E-state index contributed by atoms with van der Waals surface area (Å²) in [4.78, 5) is 13.2. The summed E-state index contributed by atoms with van der Waals surface area (Å²) in [5.74, 6) is 0. The highest BCUT2D eigenvalue weighted by Crippen LogP contribution is 2.25. The van der Waals surface area contributed by atoms with Gasteiger partial charge in [0.2, 0.25) is 5.28 Å². The lowest BCUT2D eigenvalue weighted by molar-refractivity contribution is 0.288. The van der Waals surface area contributed by atoms with Crippen LogP contribution in [0.4, 0.5) is 0 Å². The fourth-order valence-electron chi connectivity index (χ4n) is 1.21. The molecule has 18 heavy (non-hydrogen) atoms. The van der Waals surface area contributed by atoms with E-state index in [0.717, 1.165) is 11.3 Å². The third kappa shape index (κ3) is 3.85. The molecule has 0 atom stereocenters. The van der Waals surface area contributed by atoms with Crippen molar-refractivity contribution in [1.82, 2.24) is 15.0 Å². The van der Waals surface area contributed by atoms with Crippen molar-refractivity contribution >= 4 is 23.4 Å². The lowest BCUT2D eigenvalue weighted by Crippen LogP contribution is -2.02. The second-order valence-corrected chi connectivity index (χ2v) is 4.81. The molecule has 0 aliphatic heterocycles.